The summed E-state index contributed by atoms with van der Waals surface area (Å²) in [6.07, 6.45) is 0.956. The van der Waals surface area contributed by atoms with Crippen molar-refractivity contribution in [2.75, 3.05) is 39.9 Å². The van der Waals surface area contributed by atoms with Crippen molar-refractivity contribution in [3.63, 3.8) is 0 Å². The smallest absolute Gasteiger partial charge is 0.226 e. The minimum absolute atomic E-state index is 0.0677. The number of ether oxygens (including phenoxy) is 1. The molecule has 1 N–H and O–H groups in total. The van der Waals surface area contributed by atoms with Gasteiger partial charge >= 0.3 is 0 Å². The summed E-state index contributed by atoms with van der Waals surface area (Å²) in [6, 6.07) is 0. The molecule has 1 aliphatic heterocycles. The summed E-state index contributed by atoms with van der Waals surface area (Å²) in [6.45, 7) is 5.75. The summed E-state index contributed by atoms with van der Waals surface area (Å²) < 4.78 is 5.31. The Kier molecular flexibility index (Phi) is 4.90. The Morgan fingerprint density at radius 1 is 1.50 bits per heavy atom. The summed E-state index contributed by atoms with van der Waals surface area (Å²) in [5.74, 6) is 0.308. The molecule has 14 heavy (non-hydrogen) atoms. The Bertz CT molecular complexity index is 177. The number of nitrogens with zero attached hydrogens (tertiary/aromatic N) is 1. The lowest BCUT2D eigenvalue weighted by Gasteiger charge is -2.23. The van der Waals surface area contributed by atoms with Crippen molar-refractivity contribution in [3.05, 3.63) is 0 Å². The zero-order valence-electron chi connectivity index (χ0n) is 9.08. The minimum Gasteiger partial charge on any atom is -0.380 e. The van der Waals surface area contributed by atoms with Gasteiger partial charge in [-0.15, -0.1) is 0 Å². The summed E-state index contributed by atoms with van der Waals surface area (Å²) in [5.41, 5.74) is 0. The highest BCUT2D eigenvalue weighted by molar-refractivity contribution is 5.78. The van der Waals surface area contributed by atoms with E-state index in [2.05, 4.69) is 5.32 Å². The van der Waals surface area contributed by atoms with Gasteiger partial charge in [-0.3, -0.25) is 4.79 Å². The van der Waals surface area contributed by atoms with Crippen LogP contribution in [0.2, 0.25) is 0 Å². The predicted octanol–water partition coefficient (Wildman–Crippen LogP) is 0.0908. The average molecular weight is 200 g/mol. The normalized spacial score (nSPS) is 20.3. The van der Waals surface area contributed by atoms with Gasteiger partial charge in [-0.05, 0) is 13.5 Å². The fourth-order valence-electron chi connectivity index (χ4n) is 1.67. The van der Waals surface area contributed by atoms with Gasteiger partial charge in [0.25, 0.3) is 0 Å². The predicted molar refractivity (Wildman–Crippen MR) is 55.1 cm³/mol. The van der Waals surface area contributed by atoms with E-state index in [1.54, 1.807) is 0 Å². The Labute approximate surface area is 85.6 Å². The number of nitrogens with one attached hydrogen (secondary N) is 1. The standard InChI is InChI=1S/C10H20N2O2/c1-9(8-11-2)10(13)12-4-3-6-14-7-5-12/h9,11H,3-8H2,1-2H3. The third-order valence-electron chi connectivity index (χ3n) is 2.47. The molecular weight excluding hydrogens is 180 g/mol. The van der Waals surface area contributed by atoms with Gasteiger partial charge in [0.2, 0.25) is 5.91 Å². The van der Waals surface area contributed by atoms with Crippen molar-refractivity contribution in [2.45, 2.75) is 13.3 Å². The van der Waals surface area contributed by atoms with Crippen LogP contribution in [0.3, 0.4) is 0 Å². The summed E-state index contributed by atoms with van der Waals surface area (Å²) in [4.78, 5) is 13.8. The number of carbonyl (C=O) groups is 1. The fraction of sp³-hybridized carbons (Fsp3) is 0.900. The second-order valence-electron chi connectivity index (χ2n) is 3.75. The number of rotatable bonds is 3. The lowest BCUT2D eigenvalue weighted by molar-refractivity contribution is -0.134. The third-order valence-corrected chi connectivity index (χ3v) is 2.47. The fourth-order valence-corrected chi connectivity index (χ4v) is 1.67. The van der Waals surface area contributed by atoms with E-state index < -0.39 is 0 Å². The lowest BCUT2D eigenvalue weighted by atomic mass is 10.1. The molecule has 1 atom stereocenters. The molecule has 0 aromatic carbocycles. The largest absolute Gasteiger partial charge is 0.380 e. The molecule has 4 nitrogen and oxygen atoms in total. The van der Waals surface area contributed by atoms with Gasteiger partial charge in [0.1, 0.15) is 0 Å². The molecule has 1 fully saturated rings. The van der Waals surface area contributed by atoms with Crippen molar-refractivity contribution in [1.82, 2.24) is 10.2 Å². The highest BCUT2D eigenvalue weighted by Crippen LogP contribution is 2.05. The van der Waals surface area contributed by atoms with E-state index in [0.717, 1.165) is 32.7 Å². The molecule has 1 amide bonds. The number of amides is 1. The zero-order valence-corrected chi connectivity index (χ0v) is 9.08. The SMILES string of the molecule is CNCC(C)C(=O)N1CCCOCC1. The Balaban J connectivity index is 2.40. The zero-order chi connectivity index (χ0) is 10.4. The Morgan fingerprint density at radius 2 is 2.29 bits per heavy atom. The molecule has 0 spiro atoms. The van der Waals surface area contributed by atoms with Crippen LogP contribution in [-0.2, 0) is 9.53 Å². The van der Waals surface area contributed by atoms with Gasteiger partial charge in [-0.2, -0.15) is 0 Å². The van der Waals surface area contributed by atoms with E-state index in [9.17, 15) is 4.79 Å². The first-order valence-corrected chi connectivity index (χ1v) is 5.27. The van der Waals surface area contributed by atoms with Crippen LogP contribution in [0, 0.1) is 5.92 Å². The number of hydrogen-bond acceptors (Lipinski definition) is 3. The lowest BCUT2D eigenvalue weighted by Crippen LogP contribution is -2.39. The molecule has 1 heterocycles. The molecular formula is C10H20N2O2. The molecule has 0 radical (unpaired) electrons. The molecule has 0 aliphatic carbocycles. The van der Waals surface area contributed by atoms with Gasteiger partial charge in [-0.25, -0.2) is 0 Å². The molecule has 0 saturated carbocycles. The van der Waals surface area contributed by atoms with Crippen LogP contribution in [0.5, 0.6) is 0 Å². The molecule has 1 rings (SSSR count). The van der Waals surface area contributed by atoms with E-state index in [4.69, 9.17) is 4.74 Å². The maximum absolute atomic E-state index is 11.9. The van der Waals surface area contributed by atoms with Crippen LogP contribution in [0.4, 0.5) is 0 Å². The van der Waals surface area contributed by atoms with Crippen LogP contribution in [0.1, 0.15) is 13.3 Å². The van der Waals surface area contributed by atoms with E-state index in [1.165, 1.54) is 0 Å². The highest BCUT2D eigenvalue weighted by atomic mass is 16.5. The van der Waals surface area contributed by atoms with Crippen molar-refractivity contribution in [1.29, 1.82) is 0 Å². The average Bonchev–Trinajstić information content (AvgIpc) is 2.45. The van der Waals surface area contributed by atoms with Crippen molar-refractivity contribution in [2.24, 2.45) is 5.92 Å². The third kappa shape index (κ3) is 3.27. The van der Waals surface area contributed by atoms with Gasteiger partial charge in [0, 0.05) is 32.2 Å². The van der Waals surface area contributed by atoms with Crippen LogP contribution in [0.15, 0.2) is 0 Å². The molecule has 0 bridgehead atoms. The second kappa shape index (κ2) is 5.98. The maximum Gasteiger partial charge on any atom is 0.226 e. The van der Waals surface area contributed by atoms with Gasteiger partial charge in [0.05, 0.1) is 6.61 Å². The molecule has 82 valence electrons. The molecule has 4 heteroatoms. The van der Waals surface area contributed by atoms with Gasteiger partial charge in [-0.1, -0.05) is 6.92 Å². The Morgan fingerprint density at radius 3 is 3.00 bits per heavy atom. The number of carbonyl (C=O) groups excluding carboxylic acids is 1. The van der Waals surface area contributed by atoms with Crippen LogP contribution < -0.4 is 5.32 Å². The topological polar surface area (TPSA) is 41.6 Å². The van der Waals surface area contributed by atoms with E-state index in [-0.39, 0.29) is 11.8 Å². The highest BCUT2D eigenvalue weighted by Gasteiger charge is 2.20. The van der Waals surface area contributed by atoms with Crippen molar-refractivity contribution < 1.29 is 9.53 Å². The molecule has 0 aromatic heterocycles. The molecule has 0 aromatic rings. The monoisotopic (exact) mass is 200 g/mol. The first-order valence-electron chi connectivity index (χ1n) is 5.27. The van der Waals surface area contributed by atoms with Crippen LogP contribution in [0.25, 0.3) is 0 Å². The van der Waals surface area contributed by atoms with Gasteiger partial charge in [0.15, 0.2) is 0 Å². The summed E-state index contributed by atoms with van der Waals surface area (Å²) in [5, 5.41) is 3.02. The Hall–Kier alpha value is -0.610. The summed E-state index contributed by atoms with van der Waals surface area (Å²) >= 11 is 0. The maximum atomic E-state index is 11.9. The first-order chi connectivity index (χ1) is 6.75. The van der Waals surface area contributed by atoms with Crippen LogP contribution >= 0.6 is 0 Å². The first kappa shape index (κ1) is 11.5. The molecule has 1 saturated heterocycles. The van der Waals surface area contributed by atoms with Crippen molar-refractivity contribution >= 4 is 5.91 Å². The number of hydrogen-bond donors (Lipinski definition) is 1. The molecule has 1 aliphatic rings. The second-order valence-corrected chi connectivity index (χ2v) is 3.75. The van der Waals surface area contributed by atoms with E-state index >= 15 is 0 Å². The van der Waals surface area contributed by atoms with Crippen LogP contribution in [-0.4, -0.2) is 50.7 Å². The van der Waals surface area contributed by atoms with E-state index in [0.29, 0.717) is 6.61 Å². The van der Waals surface area contributed by atoms with E-state index in [1.807, 2.05) is 18.9 Å². The quantitative estimate of drug-likeness (QED) is 0.702. The van der Waals surface area contributed by atoms with Gasteiger partial charge < -0.3 is 15.0 Å². The molecule has 1 unspecified atom stereocenters. The summed E-state index contributed by atoms with van der Waals surface area (Å²) in [7, 11) is 1.87. The van der Waals surface area contributed by atoms with Crippen molar-refractivity contribution in [3.8, 4) is 0 Å². The minimum atomic E-state index is 0.0677.